The Morgan fingerprint density at radius 2 is 1.95 bits per heavy atom. The number of rotatable bonds is 4. The van der Waals surface area contributed by atoms with Crippen molar-refractivity contribution in [1.29, 1.82) is 0 Å². The minimum absolute atomic E-state index is 0.0125. The van der Waals surface area contributed by atoms with Crippen molar-refractivity contribution >= 4 is 17.6 Å². The number of hydrogen-bond donors (Lipinski definition) is 1. The van der Waals surface area contributed by atoms with Crippen molar-refractivity contribution in [2.45, 2.75) is 0 Å². The number of hydrogen-bond acceptors (Lipinski definition) is 4. The van der Waals surface area contributed by atoms with Gasteiger partial charge in [0.1, 0.15) is 0 Å². The number of carbonyl (C=O) groups is 2. The van der Waals surface area contributed by atoms with Crippen LogP contribution in [0.25, 0.3) is 0 Å². The van der Waals surface area contributed by atoms with Crippen LogP contribution < -0.4 is 10.0 Å². The molecule has 0 spiro atoms. The van der Waals surface area contributed by atoms with E-state index in [9.17, 15) is 23.6 Å². The summed E-state index contributed by atoms with van der Waals surface area (Å²) in [6.07, 6.45) is 1.11. The molecule has 0 radical (unpaired) electrons. The van der Waals surface area contributed by atoms with Gasteiger partial charge in [-0.05, 0) is 18.2 Å². The summed E-state index contributed by atoms with van der Waals surface area (Å²) >= 11 is 0. The molecule has 2 aromatic rings. The standard InChI is InChI=1S/C14H10F2N2O4/c15-10-5-4-9(7-11(10)16)17-13(19)8-22-14(20)12-3-1-2-6-18(12)21/h1-7H,8H2,(H,17,19). The molecule has 6 nitrogen and oxygen atoms in total. The summed E-state index contributed by atoms with van der Waals surface area (Å²) in [6.45, 7) is -0.674. The normalized spacial score (nSPS) is 10.1. The summed E-state index contributed by atoms with van der Waals surface area (Å²) in [5, 5.41) is 13.5. The molecule has 0 bridgehead atoms. The topological polar surface area (TPSA) is 82.3 Å². The molecule has 0 saturated heterocycles. The third kappa shape index (κ3) is 3.75. The van der Waals surface area contributed by atoms with E-state index < -0.39 is 30.1 Å². The summed E-state index contributed by atoms with van der Waals surface area (Å²) in [5.74, 6) is -3.90. The van der Waals surface area contributed by atoms with Crippen LogP contribution in [0, 0.1) is 16.8 Å². The fraction of sp³-hybridized carbons (Fsp3) is 0.0714. The number of pyridine rings is 1. The number of carbonyl (C=O) groups excluding carboxylic acids is 2. The van der Waals surface area contributed by atoms with Crippen LogP contribution in [-0.2, 0) is 9.53 Å². The van der Waals surface area contributed by atoms with Crippen LogP contribution in [0.3, 0.4) is 0 Å². The molecule has 0 aliphatic carbocycles. The number of nitrogens with one attached hydrogen (secondary N) is 1. The summed E-state index contributed by atoms with van der Waals surface area (Å²) in [6, 6.07) is 6.93. The first-order valence-electron chi connectivity index (χ1n) is 6.07. The molecule has 1 aromatic carbocycles. The Bertz CT molecular complexity index is 722. The molecule has 0 fully saturated rings. The fourth-order valence-electron chi connectivity index (χ4n) is 1.56. The molecule has 0 unspecified atom stereocenters. The zero-order chi connectivity index (χ0) is 16.1. The summed E-state index contributed by atoms with van der Waals surface area (Å²) in [7, 11) is 0. The molecule has 0 atom stereocenters. The van der Waals surface area contributed by atoms with Gasteiger partial charge in [-0.3, -0.25) is 4.79 Å². The number of ether oxygens (including phenoxy) is 1. The number of anilines is 1. The lowest BCUT2D eigenvalue weighted by molar-refractivity contribution is -0.608. The van der Waals surface area contributed by atoms with Crippen LogP contribution >= 0.6 is 0 Å². The van der Waals surface area contributed by atoms with Gasteiger partial charge in [0.25, 0.3) is 5.91 Å². The Kier molecular flexibility index (Phi) is 4.62. The summed E-state index contributed by atoms with van der Waals surface area (Å²) in [5.41, 5.74) is -0.262. The Labute approximate surface area is 123 Å². The van der Waals surface area contributed by atoms with Crippen molar-refractivity contribution in [1.82, 2.24) is 0 Å². The van der Waals surface area contributed by atoms with E-state index in [0.717, 1.165) is 24.4 Å². The molecule has 22 heavy (non-hydrogen) atoms. The minimum atomic E-state index is -1.12. The largest absolute Gasteiger partial charge is 0.618 e. The highest BCUT2D eigenvalue weighted by Crippen LogP contribution is 2.12. The summed E-state index contributed by atoms with van der Waals surface area (Å²) in [4.78, 5) is 23.1. The lowest BCUT2D eigenvalue weighted by atomic mass is 10.3. The van der Waals surface area contributed by atoms with Gasteiger partial charge in [-0.1, -0.05) is 0 Å². The van der Waals surface area contributed by atoms with Gasteiger partial charge in [0.2, 0.25) is 0 Å². The molecular formula is C14H10F2N2O4. The van der Waals surface area contributed by atoms with E-state index in [1.54, 1.807) is 0 Å². The molecule has 1 N–H and O–H groups in total. The number of esters is 1. The van der Waals surface area contributed by atoms with Gasteiger partial charge < -0.3 is 15.3 Å². The maximum atomic E-state index is 13.0. The molecule has 0 saturated carbocycles. The zero-order valence-corrected chi connectivity index (χ0v) is 11.1. The number of nitrogens with zero attached hydrogens (tertiary/aromatic N) is 1. The van der Waals surface area contributed by atoms with E-state index in [2.05, 4.69) is 10.1 Å². The zero-order valence-electron chi connectivity index (χ0n) is 11.1. The fourth-order valence-corrected chi connectivity index (χ4v) is 1.56. The smallest absolute Gasteiger partial charge is 0.405 e. The SMILES string of the molecule is O=C(COC(=O)c1cccc[n+]1[O-])Nc1ccc(F)c(F)c1. The van der Waals surface area contributed by atoms with E-state index in [-0.39, 0.29) is 11.4 Å². The second-order valence-electron chi connectivity index (χ2n) is 4.16. The van der Waals surface area contributed by atoms with Crippen molar-refractivity contribution in [2.24, 2.45) is 0 Å². The first kappa shape index (κ1) is 15.4. The molecule has 0 aliphatic heterocycles. The second-order valence-corrected chi connectivity index (χ2v) is 4.16. The Morgan fingerprint density at radius 3 is 2.64 bits per heavy atom. The van der Waals surface area contributed by atoms with Gasteiger partial charge in [-0.15, -0.1) is 0 Å². The van der Waals surface area contributed by atoms with Crippen LogP contribution in [0.4, 0.5) is 14.5 Å². The van der Waals surface area contributed by atoms with Crippen LogP contribution in [-0.4, -0.2) is 18.5 Å². The minimum Gasteiger partial charge on any atom is -0.618 e. The molecule has 8 heteroatoms. The van der Waals surface area contributed by atoms with Crippen molar-refractivity contribution in [2.75, 3.05) is 11.9 Å². The Balaban J connectivity index is 1.91. The highest BCUT2D eigenvalue weighted by atomic mass is 19.2. The monoisotopic (exact) mass is 308 g/mol. The van der Waals surface area contributed by atoms with Gasteiger partial charge in [0.05, 0.1) is 0 Å². The summed E-state index contributed by atoms with van der Waals surface area (Å²) < 4.78 is 30.6. The van der Waals surface area contributed by atoms with Gasteiger partial charge in [-0.25, -0.2) is 13.6 Å². The van der Waals surface area contributed by atoms with E-state index in [4.69, 9.17) is 0 Å². The first-order chi connectivity index (χ1) is 10.5. The number of amides is 1. The molecular weight excluding hydrogens is 298 g/mol. The van der Waals surface area contributed by atoms with E-state index in [1.165, 1.54) is 18.2 Å². The van der Waals surface area contributed by atoms with E-state index in [1.807, 2.05) is 0 Å². The van der Waals surface area contributed by atoms with Crippen LogP contribution in [0.1, 0.15) is 10.5 Å². The average Bonchev–Trinajstić information content (AvgIpc) is 2.49. The van der Waals surface area contributed by atoms with E-state index >= 15 is 0 Å². The van der Waals surface area contributed by atoms with Crippen molar-refractivity contribution in [3.63, 3.8) is 0 Å². The lowest BCUT2D eigenvalue weighted by Gasteiger charge is -2.07. The van der Waals surface area contributed by atoms with E-state index in [0.29, 0.717) is 4.73 Å². The third-order valence-electron chi connectivity index (χ3n) is 2.57. The highest BCUT2D eigenvalue weighted by molar-refractivity contribution is 5.94. The Hall–Kier alpha value is -3.03. The maximum Gasteiger partial charge on any atom is 0.405 e. The third-order valence-corrected chi connectivity index (χ3v) is 2.57. The second kappa shape index (κ2) is 6.61. The van der Waals surface area contributed by atoms with Crippen molar-refractivity contribution in [3.8, 4) is 0 Å². The maximum absolute atomic E-state index is 13.0. The van der Waals surface area contributed by atoms with Gasteiger partial charge in [0, 0.05) is 23.9 Å². The lowest BCUT2D eigenvalue weighted by Crippen LogP contribution is -2.35. The van der Waals surface area contributed by atoms with Gasteiger partial charge >= 0.3 is 11.7 Å². The predicted octanol–water partition coefficient (Wildman–Crippen LogP) is 1.39. The van der Waals surface area contributed by atoms with Crippen molar-refractivity contribution < 1.29 is 27.8 Å². The number of aromatic nitrogens is 1. The first-order valence-corrected chi connectivity index (χ1v) is 6.07. The van der Waals surface area contributed by atoms with Crippen LogP contribution in [0.2, 0.25) is 0 Å². The molecule has 2 rings (SSSR count). The molecule has 114 valence electrons. The van der Waals surface area contributed by atoms with Crippen LogP contribution in [0.5, 0.6) is 0 Å². The highest BCUT2D eigenvalue weighted by Gasteiger charge is 2.18. The van der Waals surface area contributed by atoms with Gasteiger partial charge in [0.15, 0.2) is 24.4 Å². The molecule has 1 aromatic heterocycles. The molecule has 0 aliphatic rings. The quantitative estimate of drug-likeness (QED) is 0.526. The van der Waals surface area contributed by atoms with Crippen LogP contribution in [0.15, 0.2) is 42.6 Å². The predicted molar refractivity (Wildman–Crippen MR) is 70.7 cm³/mol. The van der Waals surface area contributed by atoms with Gasteiger partial charge in [-0.2, -0.15) is 4.73 Å². The molecule has 1 heterocycles. The number of benzene rings is 1. The average molecular weight is 308 g/mol. The number of halogens is 2. The van der Waals surface area contributed by atoms with Crippen molar-refractivity contribution in [3.05, 3.63) is 65.1 Å². The molecule has 1 amide bonds. The Morgan fingerprint density at radius 1 is 1.18 bits per heavy atom.